The highest BCUT2D eigenvalue weighted by Crippen LogP contribution is 2.05. The number of hydrogen-bond donors (Lipinski definition) is 1. The Hall–Kier alpha value is -0.600. The zero-order chi connectivity index (χ0) is 10.1. The summed E-state index contributed by atoms with van der Waals surface area (Å²) in [7, 11) is 2.04. The minimum atomic E-state index is 0.634. The van der Waals surface area contributed by atoms with Crippen molar-refractivity contribution in [3.63, 3.8) is 0 Å². The average Bonchev–Trinajstić information content (AvgIpc) is 2.14. The van der Waals surface area contributed by atoms with Gasteiger partial charge >= 0.3 is 0 Å². The first-order valence-electron chi connectivity index (χ1n) is 4.94. The van der Waals surface area contributed by atoms with Gasteiger partial charge in [-0.3, -0.25) is 4.90 Å². The summed E-state index contributed by atoms with van der Waals surface area (Å²) in [5.41, 5.74) is 6.90. The van der Waals surface area contributed by atoms with Gasteiger partial charge in [-0.05, 0) is 26.8 Å². The van der Waals surface area contributed by atoms with Crippen molar-refractivity contribution >= 4 is 0 Å². The Kier molecular flexibility index (Phi) is 7.65. The lowest BCUT2D eigenvalue weighted by atomic mass is 10.1. The summed E-state index contributed by atoms with van der Waals surface area (Å²) in [4.78, 5) is 2.12. The standard InChI is InChI=1S/C11H22N2/c1-4-6-11(7-5-2)8-9-13(3)10-12/h4,6-7H,5,8-10,12H2,1-3H3/b6-4-,11-7+. The van der Waals surface area contributed by atoms with E-state index in [0.29, 0.717) is 6.67 Å². The predicted molar refractivity (Wildman–Crippen MR) is 59.5 cm³/mol. The first kappa shape index (κ1) is 12.4. The van der Waals surface area contributed by atoms with E-state index in [4.69, 9.17) is 5.73 Å². The third-order valence-corrected chi connectivity index (χ3v) is 1.94. The second-order valence-electron chi connectivity index (χ2n) is 3.20. The molecule has 2 heteroatoms. The lowest BCUT2D eigenvalue weighted by Gasteiger charge is -2.13. The van der Waals surface area contributed by atoms with Crippen LogP contribution in [0.3, 0.4) is 0 Å². The largest absolute Gasteiger partial charge is 0.318 e. The van der Waals surface area contributed by atoms with E-state index in [2.05, 4.69) is 37.0 Å². The minimum Gasteiger partial charge on any atom is -0.318 e. The maximum atomic E-state index is 5.49. The maximum absolute atomic E-state index is 5.49. The first-order valence-corrected chi connectivity index (χ1v) is 4.94. The van der Waals surface area contributed by atoms with Crippen molar-refractivity contribution in [3.05, 3.63) is 23.8 Å². The number of hydrogen-bond acceptors (Lipinski definition) is 2. The molecule has 13 heavy (non-hydrogen) atoms. The quantitative estimate of drug-likeness (QED) is 0.503. The van der Waals surface area contributed by atoms with Gasteiger partial charge in [0.25, 0.3) is 0 Å². The van der Waals surface area contributed by atoms with Gasteiger partial charge in [-0.1, -0.05) is 30.7 Å². The highest BCUT2D eigenvalue weighted by molar-refractivity contribution is 5.18. The van der Waals surface area contributed by atoms with E-state index in [1.165, 1.54) is 5.57 Å². The molecule has 0 fully saturated rings. The summed E-state index contributed by atoms with van der Waals surface area (Å²) in [6.07, 6.45) is 8.72. The van der Waals surface area contributed by atoms with Gasteiger partial charge in [0, 0.05) is 13.2 Å². The molecule has 0 atom stereocenters. The van der Waals surface area contributed by atoms with Crippen LogP contribution in [0.25, 0.3) is 0 Å². The molecule has 2 nitrogen and oxygen atoms in total. The molecule has 0 aromatic heterocycles. The number of allylic oxidation sites excluding steroid dienone is 3. The fourth-order valence-electron chi connectivity index (χ4n) is 1.14. The van der Waals surface area contributed by atoms with Crippen molar-refractivity contribution in [2.75, 3.05) is 20.3 Å². The van der Waals surface area contributed by atoms with E-state index in [1.54, 1.807) is 0 Å². The molecule has 0 spiro atoms. The van der Waals surface area contributed by atoms with E-state index >= 15 is 0 Å². The van der Waals surface area contributed by atoms with Gasteiger partial charge in [0.1, 0.15) is 0 Å². The van der Waals surface area contributed by atoms with Crippen molar-refractivity contribution in [1.82, 2.24) is 4.90 Å². The normalized spacial score (nSPS) is 13.2. The molecular weight excluding hydrogens is 160 g/mol. The summed E-state index contributed by atoms with van der Waals surface area (Å²) in [5, 5.41) is 0. The van der Waals surface area contributed by atoms with Crippen LogP contribution in [0.2, 0.25) is 0 Å². The van der Waals surface area contributed by atoms with Crippen LogP contribution in [0, 0.1) is 0 Å². The lowest BCUT2D eigenvalue weighted by molar-refractivity contribution is 0.349. The van der Waals surface area contributed by atoms with Gasteiger partial charge in [-0.25, -0.2) is 0 Å². The second-order valence-corrected chi connectivity index (χ2v) is 3.20. The molecule has 76 valence electrons. The summed E-state index contributed by atoms with van der Waals surface area (Å²) >= 11 is 0. The van der Waals surface area contributed by atoms with Crippen molar-refractivity contribution in [3.8, 4) is 0 Å². The van der Waals surface area contributed by atoms with Crippen molar-refractivity contribution in [2.24, 2.45) is 5.73 Å². The van der Waals surface area contributed by atoms with Crippen LogP contribution < -0.4 is 5.73 Å². The Morgan fingerprint density at radius 2 is 2.15 bits per heavy atom. The highest BCUT2D eigenvalue weighted by Gasteiger charge is 1.96. The predicted octanol–water partition coefficient (Wildman–Crippen LogP) is 2.14. The van der Waals surface area contributed by atoms with Gasteiger partial charge in [0.2, 0.25) is 0 Å². The first-order chi connectivity index (χ1) is 6.24. The van der Waals surface area contributed by atoms with Crippen LogP contribution in [-0.4, -0.2) is 25.2 Å². The van der Waals surface area contributed by atoms with E-state index in [-0.39, 0.29) is 0 Å². The zero-order valence-electron chi connectivity index (χ0n) is 9.09. The van der Waals surface area contributed by atoms with Crippen LogP contribution in [-0.2, 0) is 0 Å². The third-order valence-electron chi connectivity index (χ3n) is 1.94. The van der Waals surface area contributed by atoms with Crippen molar-refractivity contribution < 1.29 is 0 Å². The molecule has 0 saturated heterocycles. The summed E-state index contributed by atoms with van der Waals surface area (Å²) < 4.78 is 0. The fourth-order valence-corrected chi connectivity index (χ4v) is 1.14. The molecule has 0 aromatic carbocycles. The Morgan fingerprint density at radius 1 is 1.46 bits per heavy atom. The van der Waals surface area contributed by atoms with E-state index < -0.39 is 0 Å². The van der Waals surface area contributed by atoms with Crippen LogP contribution >= 0.6 is 0 Å². The summed E-state index contributed by atoms with van der Waals surface area (Å²) in [5.74, 6) is 0. The molecule has 0 rings (SSSR count). The molecule has 0 radical (unpaired) electrons. The Bertz CT molecular complexity index is 171. The average molecular weight is 182 g/mol. The molecule has 0 unspecified atom stereocenters. The molecule has 0 saturated carbocycles. The van der Waals surface area contributed by atoms with E-state index in [0.717, 1.165) is 19.4 Å². The minimum absolute atomic E-state index is 0.634. The molecule has 0 amide bonds. The molecule has 0 aliphatic heterocycles. The third kappa shape index (κ3) is 6.55. The van der Waals surface area contributed by atoms with Crippen molar-refractivity contribution in [2.45, 2.75) is 26.7 Å². The Morgan fingerprint density at radius 3 is 2.62 bits per heavy atom. The van der Waals surface area contributed by atoms with E-state index in [1.807, 2.05) is 7.05 Å². The van der Waals surface area contributed by atoms with Gasteiger partial charge in [0.05, 0.1) is 0 Å². The van der Waals surface area contributed by atoms with Crippen molar-refractivity contribution in [1.29, 1.82) is 0 Å². The Balaban J connectivity index is 3.90. The molecule has 2 N–H and O–H groups in total. The topological polar surface area (TPSA) is 29.3 Å². The van der Waals surface area contributed by atoms with Crippen LogP contribution in [0.15, 0.2) is 23.8 Å². The molecule has 0 aliphatic carbocycles. The molecule has 0 bridgehead atoms. The van der Waals surface area contributed by atoms with Gasteiger partial charge in [-0.2, -0.15) is 0 Å². The molecule has 0 heterocycles. The SMILES string of the molecule is C/C=C\C(=C/CC)CCN(C)CN. The molecular formula is C11H22N2. The smallest absolute Gasteiger partial charge is 0.0452 e. The highest BCUT2D eigenvalue weighted by atomic mass is 15.1. The lowest BCUT2D eigenvalue weighted by Crippen LogP contribution is -2.26. The Labute approximate surface area is 82.1 Å². The number of nitrogens with zero attached hydrogens (tertiary/aromatic N) is 1. The van der Waals surface area contributed by atoms with Gasteiger partial charge in [0.15, 0.2) is 0 Å². The summed E-state index contributed by atoms with van der Waals surface area (Å²) in [6.45, 7) is 5.88. The maximum Gasteiger partial charge on any atom is 0.0452 e. The zero-order valence-corrected chi connectivity index (χ0v) is 9.09. The van der Waals surface area contributed by atoms with E-state index in [9.17, 15) is 0 Å². The monoisotopic (exact) mass is 182 g/mol. The summed E-state index contributed by atoms with van der Waals surface area (Å²) in [6, 6.07) is 0. The number of rotatable bonds is 6. The van der Waals surface area contributed by atoms with Crippen LogP contribution in [0.1, 0.15) is 26.7 Å². The second kappa shape index (κ2) is 8.02. The van der Waals surface area contributed by atoms with Gasteiger partial charge in [-0.15, -0.1) is 0 Å². The molecule has 0 aliphatic rings. The molecule has 0 aromatic rings. The van der Waals surface area contributed by atoms with Crippen LogP contribution in [0.5, 0.6) is 0 Å². The number of nitrogens with two attached hydrogens (primary N) is 1. The van der Waals surface area contributed by atoms with Crippen LogP contribution in [0.4, 0.5) is 0 Å². The van der Waals surface area contributed by atoms with Gasteiger partial charge < -0.3 is 5.73 Å². The fraction of sp³-hybridized carbons (Fsp3) is 0.636.